The Bertz CT molecular complexity index is 295. The van der Waals surface area contributed by atoms with E-state index in [4.69, 9.17) is 5.73 Å². The van der Waals surface area contributed by atoms with Crippen LogP contribution in [-0.2, 0) is 0 Å². The number of anilines is 1. The summed E-state index contributed by atoms with van der Waals surface area (Å²) < 4.78 is 0. The molecule has 1 rings (SSSR count). The van der Waals surface area contributed by atoms with Crippen LogP contribution in [0.15, 0.2) is 18.3 Å². The number of aliphatic hydroxyl groups excluding tert-OH is 1. The van der Waals surface area contributed by atoms with Crippen LogP contribution >= 0.6 is 0 Å². The molecule has 0 spiro atoms. The highest BCUT2D eigenvalue weighted by atomic mass is 16.3. The summed E-state index contributed by atoms with van der Waals surface area (Å²) in [7, 11) is 1.90. The highest BCUT2D eigenvalue weighted by Crippen LogP contribution is 2.13. The van der Waals surface area contributed by atoms with Crippen molar-refractivity contribution in [2.75, 3.05) is 18.5 Å². The Morgan fingerprint density at radius 1 is 1.47 bits per heavy atom. The number of nitrogens with two attached hydrogens (primary N) is 1. The quantitative estimate of drug-likeness (QED) is 0.774. The molecule has 0 fully saturated rings. The van der Waals surface area contributed by atoms with Gasteiger partial charge >= 0.3 is 0 Å². The van der Waals surface area contributed by atoms with Crippen LogP contribution in [0.2, 0.25) is 0 Å². The first kappa shape index (κ1) is 11.9. The van der Waals surface area contributed by atoms with Crippen LogP contribution in [0.4, 0.5) is 5.82 Å². The van der Waals surface area contributed by atoms with Gasteiger partial charge in [0, 0.05) is 25.8 Å². The first-order valence-corrected chi connectivity index (χ1v) is 5.11. The van der Waals surface area contributed by atoms with Gasteiger partial charge in [-0.05, 0) is 25.5 Å². The topological polar surface area (TPSA) is 62.4 Å². The second-order valence-electron chi connectivity index (χ2n) is 3.97. The molecule has 2 atom stereocenters. The van der Waals surface area contributed by atoms with E-state index in [1.54, 1.807) is 13.1 Å². The fourth-order valence-electron chi connectivity index (χ4n) is 1.38. The summed E-state index contributed by atoms with van der Waals surface area (Å²) in [6.07, 6.45) is 1.42. The smallest absolute Gasteiger partial charge is 0.128 e. The van der Waals surface area contributed by atoms with Crippen LogP contribution in [0.1, 0.15) is 25.5 Å². The number of hydrogen-bond donors (Lipinski definition) is 2. The summed E-state index contributed by atoms with van der Waals surface area (Å²) in [6.45, 7) is 4.26. The number of rotatable bonds is 4. The third kappa shape index (κ3) is 3.49. The molecule has 0 bridgehead atoms. The van der Waals surface area contributed by atoms with Crippen LogP contribution < -0.4 is 10.6 Å². The molecule has 0 amide bonds. The summed E-state index contributed by atoms with van der Waals surface area (Å²) in [5, 5.41) is 9.24. The predicted molar refractivity (Wildman–Crippen MR) is 61.8 cm³/mol. The lowest BCUT2D eigenvalue weighted by Crippen LogP contribution is -2.27. The summed E-state index contributed by atoms with van der Waals surface area (Å²) in [5.41, 5.74) is 6.74. The van der Waals surface area contributed by atoms with Gasteiger partial charge in [-0.3, -0.25) is 0 Å². The Kier molecular flexibility index (Phi) is 4.05. The first-order chi connectivity index (χ1) is 7.00. The third-order valence-corrected chi connectivity index (χ3v) is 2.23. The molecule has 1 heterocycles. The molecule has 0 aliphatic heterocycles. The minimum Gasteiger partial charge on any atom is -0.392 e. The highest BCUT2D eigenvalue weighted by molar-refractivity contribution is 5.38. The van der Waals surface area contributed by atoms with Gasteiger partial charge < -0.3 is 15.7 Å². The molecule has 84 valence electrons. The Morgan fingerprint density at radius 2 is 2.13 bits per heavy atom. The molecule has 0 saturated carbocycles. The lowest BCUT2D eigenvalue weighted by atomic mass is 10.1. The van der Waals surface area contributed by atoms with Gasteiger partial charge in [-0.25, -0.2) is 4.98 Å². The Balaban J connectivity index is 2.71. The maximum Gasteiger partial charge on any atom is 0.128 e. The van der Waals surface area contributed by atoms with E-state index in [9.17, 15) is 5.11 Å². The Morgan fingerprint density at radius 3 is 2.53 bits per heavy atom. The van der Waals surface area contributed by atoms with E-state index in [1.165, 1.54) is 0 Å². The number of likely N-dealkylation sites (N-methyl/N-ethyl adjacent to an activating group) is 1. The molecule has 0 saturated heterocycles. The van der Waals surface area contributed by atoms with Crippen LogP contribution in [0.5, 0.6) is 0 Å². The fraction of sp³-hybridized carbons (Fsp3) is 0.545. The molecule has 15 heavy (non-hydrogen) atoms. The molecule has 0 aromatic carbocycles. The minimum absolute atomic E-state index is 0.00798. The van der Waals surface area contributed by atoms with E-state index < -0.39 is 0 Å². The molecule has 1 aromatic rings. The molecule has 0 radical (unpaired) electrons. The van der Waals surface area contributed by atoms with Crippen molar-refractivity contribution in [1.29, 1.82) is 0 Å². The van der Waals surface area contributed by atoms with E-state index in [-0.39, 0.29) is 12.1 Å². The lowest BCUT2D eigenvalue weighted by molar-refractivity contribution is 0.201. The minimum atomic E-state index is -0.357. The van der Waals surface area contributed by atoms with Crippen molar-refractivity contribution in [2.45, 2.75) is 26.0 Å². The van der Waals surface area contributed by atoms with Crippen molar-refractivity contribution < 1.29 is 5.11 Å². The number of hydrogen-bond acceptors (Lipinski definition) is 4. The van der Waals surface area contributed by atoms with Crippen molar-refractivity contribution in [3.8, 4) is 0 Å². The molecule has 0 aliphatic rings. The van der Waals surface area contributed by atoms with Gasteiger partial charge in [-0.2, -0.15) is 0 Å². The maximum atomic E-state index is 9.24. The largest absolute Gasteiger partial charge is 0.392 e. The van der Waals surface area contributed by atoms with Gasteiger partial charge in [0.1, 0.15) is 5.82 Å². The van der Waals surface area contributed by atoms with Crippen LogP contribution in [-0.4, -0.2) is 29.8 Å². The van der Waals surface area contributed by atoms with Crippen molar-refractivity contribution in [2.24, 2.45) is 5.73 Å². The number of nitrogens with zero attached hydrogens (tertiary/aromatic N) is 2. The van der Waals surface area contributed by atoms with E-state index in [2.05, 4.69) is 4.98 Å². The van der Waals surface area contributed by atoms with E-state index >= 15 is 0 Å². The molecule has 3 N–H and O–H groups in total. The highest BCUT2D eigenvalue weighted by Gasteiger charge is 2.06. The summed E-state index contributed by atoms with van der Waals surface area (Å²) in [5.74, 6) is 0.848. The van der Waals surface area contributed by atoms with Gasteiger partial charge in [0.25, 0.3) is 0 Å². The van der Waals surface area contributed by atoms with Gasteiger partial charge in [-0.1, -0.05) is 6.07 Å². The van der Waals surface area contributed by atoms with Gasteiger partial charge in [-0.15, -0.1) is 0 Å². The van der Waals surface area contributed by atoms with Gasteiger partial charge in [0.15, 0.2) is 0 Å². The molecule has 1 aromatic heterocycles. The first-order valence-electron chi connectivity index (χ1n) is 5.11. The summed E-state index contributed by atoms with van der Waals surface area (Å²) in [6, 6.07) is 3.89. The number of aromatic nitrogens is 1. The Hall–Kier alpha value is -1.13. The lowest BCUT2D eigenvalue weighted by Gasteiger charge is -2.20. The van der Waals surface area contributed by atoms with Crippen molar-refractivity contribution in [1.82, 2.24) is 4.98 Å². The van der Waals surface area contributed by atoms with Crippen molar-refractivity contribution in [3.05, 3.63) is 23.9 Å². The average molecular weight is 209 g/mol. The molecule has 4 heteroatoms. The third-order valence-electron chi connectivity index (χ3n) is 2.23. The van der Waals surface area contributed by atoms with Gasteiger partial charge in [0.05, 0.1) is 6.10 Å². The van der Waals surface area contributed by atoms with E-state index in [0.717, 1.165) is 11.4 Å². The van der Waals surface area contributed by atoms with Gasteiger partial charge in [0.2, 0.25) is 0 Å². The molecular weight excluding hydrogens is 190 g/mol. The standard InChI is InChI=1S/C11H19N3O/c1-8(15)7-14(3)11-5-4-10(6-13-11)9(2)12/h4-6,8-9,15H,7,12H2,1-3H3/t8?,9-/m0/s1. The zero-order valence-electron chi connectivity index (χ0n) is 9.51. The monoisotopic (exact) mass is 209 g/mol. The second kappa shape index (κ2) is 5.09. The fourth-order valence-corrected chi connectivity index (χ4v) is 1.38. The SMILES string of the molecule is CC(O)CN(C)c1ccc([C@H](C)N)cn1. The zero-order valence-corrected chi connectivity index (χ0v) is 9.51. The molecule has 0 aliphatic carbocycles. The zero-order chi connectivity index (χ0) is 11.4. The molecular formula is C11H19N3O. The van der Waals surface area contributed by atoms with Crippen molar-refractivity contribution in [3.63, 3.8) is 0 Å². The molecule has 4 nitrogen and oxygen atoms in total. The second-order valence-corrected chi connectivity index (χ2v) is 3.97. The predicted octanol–water partition coefficient (Wildman–Crippen LogP) is 0.918. The maximum absolute atomic E-state index is 9.24. The summed E-state index contributed by atoms with van der Waals surface area (Å²) >= 11 is 0. The molecule has 1 unspecified atom stereocenters. The van der Waals surface area contributed by atoms with E-state index in [1.807, 2.05) is 31.0 Å². The summed E-state index contributed by atoms with van der Waals surface area (Å²) in [4.78, 5) is 6.20. The van der Waals surface area contributed by atoms with Crippen LogP contribution in [0, 0.1) is 0 Å². The van der Waals surface area contributed by atoms with Crippen molar-refractivity contribution >= 4 is 5.82 Å². The number of aliphatic hydroxyl groups is 1. The van der Waals surface area contributed by atoms with Crippen LogP contribution in [0.25, 0.3) is 0 Å². The Labute approximate surface area is 90.7 Å². The number of pyridine rings is 1. The normalized spacial score (nSPS) is 14.7. The average Bonchev–Trinajstić information content (AvgIpc) is 2.17. The van der Waals surface area contributed by atoms with E-state index in [0.29, 0.717) is 6.54 Å². The van der Waals surface area contributed by atoms with Crippen LogP contribution in [0.3, 0.4) is 0 Å².